The molecule has 1 aromatic carbocycles. The minimum Gasteiger partial charge on any atom is -0.438 e. The van der Waals surface area contributed by atoms with Gasteiger partial charge in [-0.25, -0.2) is 0 Å². The van der Waals surface area contributed by atoms with Crippen LogP contribution >= 0.6 is 31.4 Å². The number of nitrogen functional groups attached to an aromatic ring is 1. The van der Waals surface area contributed by atoms with Crippen LogP contribution in [0.3, 0.4) is 0 Å². The summed E-state index contributed by atoms with van der Waals surface area (Å²) in [5, 5.41) is 9.97. The van der Waals surface area contributed by atoms with Gasteiger partial charge in [0.25, 0.3) is 0 Å². The van der Waals surface area contributed by atoms with Gasteiger partial charge < -0.3 is 19.2 Å². The van der Waals surface area contributed by atoms with Gasteiger partial charge in [-0.15, -0.1) is 0 Å². The molecule has 9 heteroatoms. The number of nitrogens with zero attached hydrogens (tertiary/aromatic N) is 1. The quantitative estimate of drug-likeness (QED) is 0.557. The maximum absolute atomic E-state index is 13.0. The second-order valence-corrected chi connectivity index (χ2v) is 7.60. The lowest BCUT2D eigenvalue weighted by atomic mass is 10.1. The van der Waals surface area contributed by atoms with Crippen molar-refractivity contribution in [1.82, 2.24) is 0 Å². The van der Waals surface area contributed by atoms with E-state index in [9.17, 15) is 9.83 Å². The van der Waals surface area contributed by atoms with Gasteiger partial charge in [-0.2, -0.15) is 5.26 Å². The third kappa shape index (κ3) is 3.95. The summed E-state index contributed by atoms with van der Waals surface area (Å²) in [6, 6.07) is 8.61. The molecule has 0 radical (unpaired) electrons. The maximum Gasteiger partial charge on any atom is 0.368 e. The first kappa shape index (κ1) is 19.6. The Morgan fingerprint density at radius 1 is 1.28 bits per heavy atom. The molecule has 0 bridgehead atoms. The number of anilines is 1. The zero-order valence-electron chi connectivity index (χ0n) is 13.6. The first-order chi connectivity index (χ1) is 11.9. The van der Waals surface area contributed by atoms with Crippen LogP contribution in [0.4, 0.5) is 5.88 Å². The van der Waals surface area contributed by atoms with E-state index in [-0.39, 0.29) is 40.2 Å². The van der Waals surface area contributed by atoms with Gasteiger partial charge >= 0.3 is 7.60 Å². The van der Waals surface area contributed by atoms with Crippen molar-refractivity contribution in [2.24, 2.45) is 0 Å². The first-order valence-corrected chi connectivity index (χ1v) is 9.73. The molecule has 0 aliphatic rings. The van der Waals surface area contributed by atoms with Crippen LogP contribution in [0.15, 0.2) is 28.7 Å². The van der Waals surface area contributed by atoms with Crippen molar-refractivity contribution in [3.63, 3.8) is 0 Å². The van der Waals surface area contributed by atoms with Crippen LogP contribution in [-0.4, -0.2) is 13.2 Å². The van der Waals surface area contributed by atoms with E-state index in [2.05, 4.69) is 0 Å². The molecule has 1 aromatic heterocycles. The third-order valence-corrected chi connectivity index (χ3v) is 6.20. The summed E-state index contributed by atoms with van der Waals surface area (Å²) in [6.07, 6.45) is 0. The Morgan fingerprint density at radius 3 is 2.32 bits per heavy atom. The molecule has 0 saturated carbocycles. The molecule has 0 atom stereocenters. The SMILES string of the molecule is CCOP(=O)(OCC)c1c(N)oc(-c2ccc(Cl)cc2)c(C#N)c1=S. The average Bonchev–Trinajstić information content (AvgIpc) is 2.55. The van der Waals surface area contributed by atoms with E-state index in [0.29, 0.717) is 10.6 Å². The minimum absolute atomic E-state index is 0.0126. The average molecular weight is 399 g/mol. The van der Waals surface area contributed by atoms with Crippen molar-refractivity contribution in [2.45, 2.75) is 13.8 Å². The number of hydrogen-bond donors (Lipinski definition) is 1. The highest BCUT2D eigenvalue weighted by Gasteiger charge is 2.34. The van der Waals surface area contributed by atoms with Crippen LogP contribution in [-0.2, 0) is 13.6 Å². The molecule has 0 aliphatic heterocycles. The predicted octanol–water partition coefficient (Wildman–Crippen LogP) is 4.67. The van der Waals surface area contributed by atoms with E-state index in [1.165, 1.54) is 0 Å². The Balaban J connectivity index is 2.75. The third-order valence-electron chi connectivity index (χ3n) is 3.20. The van der Waals surface area contributed by atoms with E-state index in [1.807, 2.05) is 6.07 Å². The van der Waals surface area contributed by atoms with Gasteiger partial charge in [-0.3, -0.25) is 4.57 Å². The minimum atomic E-state index is -3.80. The maximum atomic E-state index is 13.0. The van der Waals surface area contributed by atoms with Gasteiger partial charge in [0.15, 0.2) is 5.76 Å². The fourth-order valence-electron chi connectivity index (χ4n) is 2.21. The lowest BCUT2D eigenvalue weighted by Crippen LogP contribution is -2.18. The van der Waals surface area contributed by atoms with Gasteiger partial charge in [-0.1, -0.05) is 23.8 Å². The molecule has 1 heterocycles. The van der Waals surface area contributed by atoms with Gasteiger partial charge in [-0.05, 0) is 38.1 Å². The molecule has 2 rings (SSSR count). The monoisotopic (exact) mass is 398 g/mol. The summed E-state index contributed by atoms with van der Waals surface area (Å²) in [4.78, 5) is 0. The number of halogens is 1. The highest BCUT2D eigenvalue weighted by molar-refractivity contribution is 7.73. The molecular formula is C16H16ClN2O4PS. The van der Waals surface area contributed by atoms with Crippen LogP contribution in [0.1, 0.15) is 19.4 Å². The zero-order valence-corrected chi connectivity index (χ0v) is 16.1. The Kier molecular flexibility index (Phi) is 6.39. The predicted molar refractivity (Wildman–Crippen MR) is 99.6 cm³/mol. The standard InChI is InChI=1S/C16H16ClN2O4PS/c1-3-21-24(20,22-4-2)14-15(25)12(9-18)13(23-16(14)19)10-5-7-11(17)8-6-10/h5-8H,3-4,19H2,1-2H3. The number of nitrogens with two attached hydrogens (primary N) is 1. The summed E-state index contributed by atoms with van der Waals surface area (Å²) in [7, 11) is -3.80. The molecular weight excluding hydrogens is 383 g/mol. The van der Waals surface area contributed by atoms with Crippen LogP contribution in [0, 0.1) is 15.8 Å². The fourth-order valence-corrected chi connectivity index (χ4v) is 4.60. The molecule has 0 aliphatic carbocycles. The first-order valence-electron chi connectivity index (χ1n) is 7.40. The van der Waals surface area contributed by atoms with E-state index < -0.39 is 7.60 Å². The van der Waals surface area contributed by atoms with Crippen molar-refractivity contribution in [3.8, 4) is 17.4 Å². The molecule has 0 amide bonds. The number of benzene rings is 1. The van der Waals surface area contributed by atoms with Crippen LogP contribution in [0.5, 0.6) is 0 Å². The Hall–Kier alpha value is -1.68. The Bertz CT molecular complexity index is 911. The Labute approximate surface area is 155 Å². The van der Waals surface area contributed by atoms with Crippen molar-refractivity contribution >= 4 is 42.6 Å². The van der Waals surface area contributed by atoms with Crippen LogP contribution < -0.4 is 11.0 Å². The molecule has 0 saturated heterocycles. The van der Waals surface area contributed by atoms with Gasteiger partial charge in [0.05, 0.1) is 17.7 Å². The van der Waals surface area contributed by atoms with Crippen LogP contribution in [0.2, 0.25) is 5.02 Å². The fraction of sp³-hybridized carbons (Fsp3) is 0.250. The molecule has 0 fully saturated rings. The summed E-state index contributed by atoms with van der Waals surface area (Å²) in [5.74, 6) is -0.0378. The topological polar surface area (TPSA) is 98.5 Å². The Morgan fingerprint density at radius 2 is 1.84 bits per heavy atom. The highest BCUT2D eigenvalue weighted by Crippen LogP contribution is 2.49. The van der Waals surface area contributed by atoms with E-state index >= 15 is 0 Å². The van der Waals surface area contributed by atoms with E-state index in [4.69, 9.17) is 43.0 Å². The number of nitriles is 1. The van der Waals surface area contributed by atoms with Crippen molar-refractivity contribution < 1.29 is 18.0 Å². The molecule has 0 unspecified atom stereocenters. The number of hydrogen-bond acceptors (Lipinski definition) is 7. The van der Waals surface area contributed by atoms with Gasteiger partial charge in [0.1, 0.15) is 16.9 Å². The molecule has 2 aromatic rings. The lowest BCUT2D eigenvalue weighted by molar-refractivity contribution is 0.229. The second-order valence-electron chi connectivity index (χ2n) is 4.80. The van der Waals surface area contributed by atoms with E-state index in [0.717, 1.165) is 0 Å². The molecule has 132 valence electrons. The largest absolute Gasteiger partial charge is 0.438 e. The zero-order chi connectivity index (χ0) is 18.6. The van der Waals surface area contributed by atoms with Gasteiger partial charge in [0.2, 0.25) is 5.88 Å². The highest BCUT2D eigenvalue weighted by atomic mass is 35.5. The molecule has 25 heavy (non-hydrogen) atoms. The van der Waals surface area contributed by atoms with Crippen molar-refractivity contribution in [3.05, 3.63) is 39.4 Å². The molecule has 0 spiro atoms. The van der Waals surface area contributed by atoms with Gasteiger partial charge in [0, 0.05) is 10.6 Å². The summed E-state index contributed by atoms with van der Waals surface area (Å²) >= 11 is 11.2. The lowest BCUT2D eigenvalue weighted by Gasteiger charge is -2.19. The second kappa shape index (κ2) is 8.13. The number of rotatable bonds is 6. The smallest absolute Gasteiger partial charge is 0.368 e. The summed E-state index contributed by atoms with van der Waals surface area (Å²) in [5.41, 5.74) is 6.55. The van der Waals surface area contributed by atoms with Crippen molar-refractivity contribution in [2.75, 3.05) is 18.9 Å². The van der Waals surface area contributed by atoms with Crippen LogP contribution in [0.25, 0.3) is 11.3 Å². The van der Waals surface area contributed by atoms with Crippen molar-refractivity contribution in [1.29, 1.82) is 5.26 Å². The van der Waals surface area contributed by atoms with E-state index in [1.54, 1.807) is 38.1 Å². The molecule has 2 N–H and O–H groups in total. The summed E-state index contributed by atoms with van der Waals surface area (Å²) in [6.45, 7) is 3.56. The normalized spacial score (nSPS) is 11.3. The molecule has 6 nitrogen and oxygen atoms in total. The summed E-state index contributed by atoms with van der Waals surface area (Å²) < 4.78 is 29.2.